The first-order valence-electron chi connectivity index (χ1n) is 17.0. The van der Waals surface area contributed by atoms with Crippen LogP contribution in [0, 0.1) is 17.0 Å². The smallest absolute Gasteiger partial charge is 0.294 e. The second-order valence-electron chi connectivity index (χ2n) is 12.7. The minimum atomic E-state index is -4.09. The number of nitro groups is 1. The second kappa shape index (κ2) is 15.3. The van der Waals surface area contributed by atoms with Crippen LogP contribution in [0.3, 0.4) is 0 Å². The fourth-order valence-electron chi connectivity index (χ4n) is 6.47. The third-order valence-corrected chi connectivity index (χ3v) is 11.8. The molecule has 0 saturated carbocycles. The zero-order valence-electron chi connectivity index (χ0n) is 29.1. The highest BCUT2D eigenvalue weighted by molar-refractivity contribution is 8.00. The molecule has 0 bridgehead atoms. The van der Waals surface area contributed by atoms with Gasteiger partial charge >= 0.3 is 0 Å². The summed E-state index contributed by atoms with van der Waals surface area (Å²) in [6.45, 7) is 5.35. The summed E-state index contributed by atoms with van der Waals surface area (Å²) in [7, 11) is -2.00. The van der Waals surface area contributed by atoms with Gasteiger partial charge in [-0.3, -0.25) is 14.8 Å². The van der Waals surface area contributed by atoms with Crippen LogP contribution >= 0.6 is 23.5 Å². The first-order valence-corrected chi connectivity index (χ1v) is 19.7. The van der Waals surface area contributed by atoms with Gasteiger partial charge in [-0.1, -0.05) is 54.1 Å². The third kappa shape index (κ3) is 7.99. The van der Waals surface area contributed by atoms with Gasteiger partial charge in [0.05, 0.1) is 15.5 Å². The van der Waals surface area contributed by atoms with Crippen LogP contribution in [0.4, 0.5) is 28.4 Å². The molecule has 7 rings (SSSR count). The number of hydrogen-bond donors (Lipinski definition) is 2. The molecule has 0 radical (unpaired) electrons. The zero-order valence-corrected chi connectivity index (χ0v) is 31.5. The number of nitrogens with one attached hydrogen (secondary N) is 2. The Morgan fingerprint density at radius 1 is 0.755 bits per heavy atom. The molecule has 2 N–H and O–H groups in total. The molecule has 10 nitrogen and oxygen atoms in total. The molecule has 270 valence electrons. The van der Waals surface area contributed by atoms with Gasteiger partial charge in [0.1, 0.15) is 5.69 Å². The molecule has 6 aromatic rings. The number of piperazine rings is 1. The Kier molecular flexibility index (Phi) is 10.4. The molecule has 0 aliphatic carbocycles. The van der Waals surface area contributed by atoms with Gasteiger partial charge in [-0.15, -0.1) is 0 Å². The van der Waals surface area contributed by atoms with Crippen molar-refractivity contribution in [3.63, 3.8) is 0 Å². The Hall–Kier alpha value is -5.43. The van der Waals surface area contributed by atoms with Crippen molar-refractivity contribution in [2.24, 2.45) is 7.05 Å². The molecule has 1 aliphatic rings. The number of hydrogen-bond acceptors (Lipinski definition) is 8. The van der Waals surface area contributed by atoms with Gasteiger partial charge in [-0.2, -0.15) is 0 Å². The van der Waals surface area contributed by atoms with Gasteiger partial charge in [-0.25, -0.2) is 8.42 Å². The topological polar surface area (TPSA) is 113 Å². The Labute approximate surface area is 318 Å². The summed E-state index contributed by atoms with van der Waals surface area (Å²) in [5.41, 5.74) is 8.14. The average molecular weight is 765 g/mol. The van der Waals surface area contributed by atoms with Crippen LogP contribution in [-0.2, 0) is 17.1 Å². The Balaban J connectivity index is 0.995. The van der Waals surface area contributed by atoms with Crippen molar-refractivity contribution in [3.8, 4) is 22.4 Å². The fraction of sp³-hybridized carbons (Fsp3) is 0.150. The lowest BCUT2D eigenvalue weighted by Gasteiger charge is -2.37. The number of sulfonamides is 1. The number of halogens is 1. The average Bonchev–Trinajstić information content (AvgIpc) is 3.48. The summed E-state index contributed by atoms with van der Waals surface area (Å²) < 4.78 is 34.3. The molecule has 0 amide bonds. The molecule has 1 fully saturated rings. The van der Waals surface area contributed by atoms with Crippen LogP contribution in [-0.4, -0.2) is 44.1 Å². The summed E-state index contributed by atoms with van der Waals surface area (Å²) in [6, 6.07) is 39.2. The van der Waals surface area contributed by atoms with E-state index in [1.165, 1.54) is 35.3 Å². The highest BCUT2D eigenvalue weighted by Gasteiger charge is 2.23. The van der Waals surface area contributed by atoms with E-state index >= 15 is 0 Å². The summed E-state index contributed by atoms with van der Waals surface area (Å²) in [6.07, 6.45) is 0. The molecular formula is C40H37ClN6O4S2. The highest BCUT2D eigenvalue weighted by atomic mass is 35.5. The van der Waals surface area contributed by atoms with E-state index in [0.29, 0.717) is 10.7 Å². The van der Waals surface area contributed by atoms with Crippen molar-refractivity contribution < 1.29 is 13.3 Å². The SMILES string of the molecule is Cc1cc(-c2cccc(N3CCN(c4ccc(NS(=O)(=O)c5ccc(NSc6ccccc6)c([N+](=O)[O-])c5)cc4)CC3)c2)c(-c2ccc(Cl)cc2)n1C. The number of aryl methyl sites for hydroxylation is 1. The Morgan fingerprint density at radius 3 is 2.11 bits per heavy atom. The molecule has 0 unspecified atom stereocenters. The predicted molar refractivity (Wildman–Crippen MR) is 217 cm³/mol. The molecule has 13 heteroatoms. The molecule has 53 heavy (non-hydrogen) atoms. The Morgan fingerprint density at radius 2 is 1.43 bits per heavy atom. The van der Waals surface area contributed by atoms with Crippen molar-refractivity contribution in [1.82, 2.24) is 4.57 Å². The van der Waals surface area contributed by atoms with Crippen LogP contribution < -0.4 is 19.2 Å². The van der Waals surface area contributed by atoms with Gasteiger partial charge in [0, 0.05) is 77.5 Å². The van der Waals surface area contributed by atoms with Gasteiger partial charge in [0.2, 0.25) is 0 Å². The van der Waals surface area contributed by atoms with Gasteiger partial charge in [0.25, 0.3) is 15.7 Å². The largest absolute Gasteiger partial charge is 0.368 e. The predicted octanol–water partition coefficient (Wildman–Crippen LogP) is 9.48. The van der Waals surface area contributed by atoms with Crippen molar-refractivity contribution in [1.29, 1.82) is 0 Å². The second-order valence-corrected chi connectivity index (χ2v) is 15.7. The molecular weight excluding hydrogens is 728 g/mol. The standard InChI is InChI=1S/C40H37ClN6O4S2/c1-28-25-37(40(44(28)2)29-11-13-31(41)14-12-29)30-7-6-8-34(26-30)46-23-21-45(22-24-46)33-17-15-32(16-18-33)43-53(50,51)36-19-20-38(39(27-36)47(48)49)42-52-35-9-4-3-5-10-35/h3-20,25-27,42-43H,21-24H2,1-2H3. The first-order chi connectivity index (χ1) is 25.6. The first kappa shape index (κ1) is 36.0. The fourth-order valence-corrected chi connectivity index (χ4v) is 8.37. The quantitative estimate of drug-likeness (QED) is 0.0763. The number of anilines is 4. The molecule has 0 spiro atoms. The van der Waals surface area contributed by atoms with E-state index in [1.54, 1.807) is 12.1 Å². The summed E-state index contributed by atoms with van der Waals surface area (Å²) in [5.74, 6) is 0. The van der Waals surface area contributed by atoms with Crippen LogP contribution in [0.25, 0.3) is 22.4 Å². The lowest BCUT2D eigenvalue weighted by Crippen LogP contribution is -2.46. The van der Waals surface area contributed by atoms with E-state index in [9.17, 15) is 18.5 Å². The van der Waals surface area contributed by atoms with E-state index in [4.69, 9.17) is 11.6 Å². The van der Waals surface area contributed by atoms with Gasteiger partial charge < -0.3 is 19.1 Å². The minimum absolute atomic E-state index is 0.202. The number of nitro benzene ring substituents is 1. The third-order valence-electron chi connectivity index (χ3n) is 9.38. The lowest BCUT2D eigenvalue weighted by molar-refractivity contribution is -0.384. The molecule has 0 atom stereocenters. The molecule has 1 aliphatic heterocycles. The number of benzene rings is 5. The molecule has 5 aromatic carbocycles. The van der Waals surface area contributed by atoms with Crippen LogP contribution in [0.2, 0.25) is 5.02 Å². The van der Waals surface area contributed by atoms with Crippen LogP contribution in [0.1, 0.15) is 5.69 Å². The van der Waals surface area contributed by atoms with E-state index < -0.39 is 14.9 Å². The monoisotopic (exact) mass is 764 g/mol. The molecule has 1 saturated heterocycles. The lowest BCUT2D eigenvalue weighted by atomic mass is 10.0. The summed E-state index contributed by atoms with van der Waals surface area (Å²) in [4.78, 5) is 16.6. The number of rotatable bonds is 11. The summed E-state index contributed by atoms with van der Waals surface area (Å²) >= 11 is 7.39. The summed E-state index contributed by atoms with van der Waals surface area (Å²) in [5, 5.41) is 12.6. The maximum atomic E-state index is 13.3. The van der Waals surface area contributed by atoms with E-state index in [2.05, 4.69) is 80.2 Å². The van der Waals surface area contributed by atoms with E-state index in [0.717, 1.165) is 65.3 Å². The number of nitrogens with zero attached hydrogens (tertiary/aromatic N) is 4. The highest BCUT2D eigenvalue weighted by Crippen LogP contribution is 2.37. The minimum Gasteiger partial charge on any atom is -0.368 e. The van der Waals surface area contributed by atoms with Crippen molar-refractivity contribution in [2.45, 2.75) is 16.7 Å². The van der Waals surface area contributed by atoms with Gasteiger partial charge in [0.15, 0.2) is 0 Å². The zero-order chi connectivity index (χ0) is 37.1. The van der Waals surface area contributed by atoms with E-state index in [1.807, 2.05) is 54.6 Å². The van der Waals surface area contributed by atoms with E-state index in [-0.39, 0.29) is 16.3 Å². The van der Waals surface area contributed by atoms with Crippen molar-refractivity contribution in [3.05, 3.63) is 148 Å². The van der Waals surface area contributed by atoms with Crippen molar-refractivity contribution >= 4 is 62.0 Å². The molecule has 2 heterocycles. The maximum Gasteiger partial charge on any atom is 0.294 e. The molecule has 1 aromatic heterocycles. The number of aromatic nitrogens is 1. The van der Waals surface area contributed by atoms with Crippen LogP contribution in [0.15, 0.2) is 137 Å². The normalized spacial score (nSPS) is 13.2. The van der Waals surface area contributed by atoms with Gasteiger partial charge in [-0.05, 0) is 109 Å². The Bertz CT molecular complexity index is 2360. The maximum absolute atomic E-state index is 13.3. The van der Waals surface area contributed by atoms with Crippen molar-refractivity contribution in [2.75, 3.05) is 45.4 Å². The van der Waals surface area contributed by atoms with Crippen LogP contribution in [0.5, 0.6) is 0 Å².